The number of hydrogen-bond donors (Lipinski definition) is 1. The Bertz CT molecular complexity index is 582. The van der Waals surface area contributed by atoms with Crippen LogP contribution in [0.4, 0.5) is 5.69 Å². The summed E-state index contributed by atoms with van der Waals surface area (Å²) in [6.45, 7) is 1.28. The number of rotatable bonds is 6. The van der Waals surface area contributed by atoms with Gasteiger partial charge in [0.05, 0.1) is 14.2 Å². The summed E-state index contributed by atoms with van der Waals surface area (Å²) in [5, 5.41) is 0. The highest BCUT2D eigenvalue weighted by Gasteiger charge is 2.06. The molecule has 4 nitrogen and oxygen atoms in total. The highest BCUT2D eigenvalue weighted by Crippen LogP contribution is 2.23. The molecule has 0 aromatic heterocycles. The maximum absolute atomic E-state index is 5.76. The maximum atomic E-state index is 5.76. The minimum absolute atomic E-state index is 0.475. The molecule has 2 N–H and O–H groups in total. The molecule has 0 spiro atoms. The molecule has 0 aliphatic rings. The highest BCUT2D eigenvalue weighted by molar-refractivity contribution is 5.49. The van der Waals surface area contributed by atoms with Crippen LogP contribution in [0.1, 0.15) is 11.1 Å². The van der Waals surface area contributed by atoms with Gasteiger partial charge in [-0.15, -0.1) is 0 Å². The van der Waals surface area contributed by atoms with Crippen LogP contribution in [-0.2, 0) is 13.1 Å². The molecule has 0 aliphatic heterocycles. The smallest absolute Gasteiger partial charge is 0.123 e. The van der Waals surface area contributed by atoms with E-state index in [2.05, 4.69) is 24.1 Å². The Kier molecular flexibility index (Phi) is 5.06. The van der Waals surface area contributed by atoms with E-state index in [-0.39, 0.29) is 0 Å². The van der Waals surface area contributed by atoms with Gasteiger partial charge in [-0.1, -0.05) is 6.07 Å². The number of ether oxygens (including phenoxy) is 2. The van der Waals surface area contributed by atoms with Crippen LogP contribution in [0.3, 0.4) is 0 Å². The van der Waals surface area contributed by atoms with Crippen molar-refractivity contribution in [1.29, 1.82) is 0 Å². The van der Waals surface area contributed by atoms with E-state index in [0.29, 0.717) is 6.54 Å². The minimum Gasteiger partial charge on any atom is -0.497 e. The van der Waals surface area contributed by atoms with Gasteiger partial charge < -0.3 is 20.1 Å². The van der Waals surface area contributed by atoms with E-state index < -0.39 is 0 Å². The number of nitrogens with zero attached hydrogens (tertiary/aromatic N) is 1. The van der Waals surface area contributed by atoms with E-state index in [4.69, 9.17) is 15.2 Å². The second kappa shape index (κ2) is 6.99. The van der Waals surface area contributed by atoms with Gasteiger partial charge in [0.25, 0.3) is 0 Å². The molecule has 2 aromatic carbocycles. The largest absolute Gasteiger partial charge is 0.497 e. The van der Waals surface area contributed by atoms with E-state index in [1.165, 1.54) is 5.56 Å². The number of benzene rings is 2. The lowest BCUT2D eigenvalue weighted by Crippen LogP contribution is -2.16. The van der Waals surface area contributed by atoms with Gasteiger partial charge in [0.1, 0.15) is 11.5 Å². The van der Waals surface area contributed by atoms with Crippen molar-refractivity contribution in [1.82, 2.24) is 0 Å². The summed E-state index contributed by atoms with van der Waals surface area (Å²) in [6, 6.07) is 14.2. The van der Waals surface area contributed by atoms with Crippen LogP contribution < -0.4 is 20.1 Å². The molecule has 21 heavy (non-hydrogen) atoms. The summed E-state index contributed by atoms with van der Waals surface area (Å²) in [5.41, 5.74) is 9.13. The molecular formula is C17H22N2O2. The van der Waals surface area contributed by atoms with Crippen molar-refractivity contribution in [2.24, 2.45) is 5.73 Å². The van der Waals surface area contributed by atoms with E-state index >= 15 is 0 Å². The van der Waals surface area contributed by atoms with Gasteiger partial charge >= 0.3 is 0 Å². The summed E-state index contributed by atoms with van der Waals surface area (Å²) in [6.07, 6.45) is 0. The SMILES string of the molecule is COc1ccc(N(C)Cc2ccc(OC)c(CN)c2)cc1. The van der Waals surface area contributed by atoms with E-state index in [1.54, 1.807) is 14.2 Å². The average Bonchev–Trinajstić information content (AvgIpc) is 2.54. The first-order valence-electron chi connectivity index (χ1n) is 6.89. The van der Waals surface area contributed by atoms with E-state index in [0.717, 1.165) is 29.3 Å². The molecule has 0 unspecified atom stereocenters. The van der Waals surface area contributed by atoms with Crippen LogP contribution in [-0.4, -0.2) is 21.3 Å². The maximum Gasteiger partial charge on any atom is 0.123 e. The van der Waals surface area contributed by atoms with Crippen molar-refractivity contribution in [3.8, 4) is 11.5 Å². The number of methoxy groups -OCH3 is 2. The van der Waals surface area contributed by atoms with Crippen molar-refractivity contribution in [3.63, 3.8) is 0 Å². The summed E-state index contributed by atoms with van der Waals surface area (Å²) >= 11 is 0. The van der Waals surface area contributed by atoms with Crippen molar-refractivity contribution < 1.29 is 9.47 Å². The molecule has 0 fully saturated rings. The van der Waals surface area contributed by atoms with Crippen LogP contribution in [0.15, 0.2) is 42.5 Å². The second-order valence-electron chi connectivity index (χ2n) is 4.90. The predicted molar refractivity (Wildman–Crippen MR) is 86.0 cm³/mol. The van der Waals surface area contributed by atoms with Crippen molar-refractivity contribution in [2.45, 2.75) is 13.1 Å². The lowest BCUT2D eigenvalue weighted by atomic mass is 10.1. The van der Waals surface area contributed by atoms with Gasteiger partial charge in [0.15, 0.2) is 0 Å². The summed E-state index contributed by atoms with van der Waals surface area (Å²) in [5.74, 6) is 1.70. The average molecular weight is 286 g/mol. The standard InChI is InChI=1S/C17H22N2O2/c1-19(15-5-7-16(20-2)8-6-15)12-13-4-9-17(21-3)14(10-13)11-18/h4-10H,11-12,18H2,1-3H3. The molecule has 0 aliphatic carbocycles. The van der Waals surface area contributed by atoms with Gasteiger partial charge in [-0.05, 0) is 42.0 Å². The molecule has 0 atom stereocenters. The third-order valence-electron chi connectivity index (χ3n) is 3.50. The van der Waals surface area contributed by atoms with Gasteiger partial charge in [-0.3, -0.25) is 0 Å². The molecule has 0 saturated heterocycles. The number of hydrogen-bond acceptors (Lipinski definition) is 4. The van der Waals surface area contributed by atoms with E-state index in [1.807, 2.05) is 30.3 Å². The van der Waals surface area contributed by atoms with Crippen molar-refractivity contribution in [2.75, 3.05) is 26.2 Å². The van der Waals surface area contributed by atoms with Gasteiger partial charge in [-0.2, -0.15) is 0 Å². The molecule has 2 rings (SSSR count). The molecule has 112 valence electrons. The highest BCUT2D eigenvalue weighted by atomic mass is 16.5. The van der Waals surface area contributed by atoms with Gasteiger partial charge in [0.2, 0.25) is 0 Å². The number of nitrogens with two attached hydrogens (primary N) is 1. The summed E-state index contributed by atoms with van der Waals surface area (Å²) in [7, 11) is 5.40. The molecule has 0 bridgehead atoms. The van der Waals surface area contributed by atoms with Crippen LogP contribution in [0.2, 0.25) is 0 Å². The predicted octanol–water partition coefficient (Wildman–Crippen LogP) is 2.80. The third kappa shape index (κ3) is 3.67. The number of anilines is 1. The zero-order valence-corrected chi connectivity index (χ0v) is 12.8. The van der Waals surface area contributed by atoms with Crippen LogP contribution in [0.5, 0.6) is 11.5 Å². The second-order valence-corrected chi connectivity index (χ2v) is 4.90. The topological polar surface area (TPSA) is 47.7 Å². The fraction of sp³-hybridized carbons (Fsp3) is 0.294. The van der Waals surface area contributed by atoms with Crippen LogP contribution in [0, 0.1) is 0 Å². The minimum atomic E-state index is 0.475. The zero-order valence-electron chi connectivity index (χ0n) is 12.8. The normalized spacial score (nSPS) is 10.3. The molecule has 2 aromatic rings. The van der Waals surface area contributed by atoms with Crippen molar-refractivity contribution >= 4 is 5.69 Å². The Morgan fingerprint density at radius 3 is 2.29 bits per heavy atom. The lowest BCUT2D eigenvalue weighted by Gasteiger charge is -2.20. The third-order valence-corrected chi connectivity index (χ3v) is 3.50. The van der Waals surface area contributed by atoms with Gasteiger partial charge in [0, 0.05) is 31.4 Å². The molecule has 4 heteroatoms. The fourth-order valence-electron chi connectivity index (χ4n) is 2.29. The molecule has 0 saturated carbocycles. The molecular weight excluding hydrogens is 264 g/mol. The van der Waals surface area contributed by atoms with Crippen LogP contribution >= 0.6 is 0 Å². The Morgan fingerprint density at radius 1 is 1.00 bits per heavy atom. The van der Waals surface area contributed by atoms with E-state index in [9.17, 15) is 0 Å². The molecule has 0 radical (unpaired) electrons. The van der Waals surface area contributed by atoms with Crippen molar-refractivity contribution in [3.05, 3.63) is 53.6 Å². The van der Waals surface area contributed by atoms with Crippen LogP contribution in [0.25, 0.3) is 0 Å². The fourth-order valence-corrected chi connectivity index (χ4v) is 2.29. The quantitative estimate of drug-likeness (QED) is 0.887. The first-order valence-corrected chi connectivity index (χ1v) is 6.89. The summed E-state index contributed by atoms with van der Waals surface area (Å²) < 4.78 is 10.5. The first kappa shape index (κ1) is 15.2. The molecule has 0 heterocycles. The Hall–Kier alpha value is -2.20. The lowest BCUT2D eigenvalue weighted by molar-refractivity contribution is 0.409. The zero-order chi connectivity index (χ0) is 15.2. The molecule has 0 amide bonds. The first-order chi connectivity index (χ1) is 10.2. The Balaban J connectivity index is 2.12. The summed E-state index contributed by atoms with van der Waals surface area (Å²) in [4.78, 5) is 2.18. The monoisotopic (exact) mass is 286 g/mol. The van der Waals surface area contributed by atoms with Gasteiger partial charge in [-0.25, -0.2) is 0 Å². The Morgan fingerprint density at radius 2 is 1.71 bits per heavy atom. The Labute approximate surface area is 126 Å².